The lowest BCUT2D eigenvalue weighted by molar-refractivity contribution is -0.109. The topological polar surface area (TPSA) is 17.1 Å². The molecule has 0 saturated heterocycles. The van der Waals surface area contributed by atoms with Gasteiger partial charge in [-0.2, -0.15) is 0 Å². The molecule has 0 fully saturated rings. The number of carbonyl (C=O) groups is 1. The maximum absolute atomic E-state index is 12.4. The number of fused-ring (bicyclic) bond motifs is 1. The fourth-order valence-corrected chi connectivity index (χ4v) is 2.23. The van der Waals surface area contributed by atoms with Gasteiger partial charge in [-0.05, 0) is 23.8 Å². The number of benzene rings is 2. The predicted molar refractivity (Wildman–Crippen MR) is 73.0 cm³/mol. The van der Waals surface area contributed by atoms with Crippen molar-refractivity contribution < 1.29 is 4.79 Å². The maximum Gasteiger partial charge on any atom is 0.197 e. The Morgan fingerprint density at radius 1 is 0.889 bits per heavy atom. The van der Waals surface area contributed by atoms with Gasteiger partial charge in [-0.1, -0.05) is 54.3 Å². The summed E-state index contributed by atoms with van der Waals surface area (Å²) in [4.78, 5) is 12.4. The molecule has 0 radical (unpaired) electrons. The summed E-state index contributed by atoms with van der Waals surface area (Å²) in [5, 5.41) is 1.98. The van der Waals surface area contributed by atoms with Crippen LogP contribution in [0.4, 0.5) is 0 Å². The first-order chi connectivity index (χ1) is 8.77. The first kappa shape index (κ1) is 10.8. The molecule has 1 nitrogen and oxygen atoms in total. The molecule has 2 aromatic rings. The highest BCUT2D eigenvalue weighted by atomic mass is 16.1. The largest absolute Gasteiger partial charge is 0.288 e. The molecule has 0 amide bonds. The summed E-state index contributed by atoms with van der Waals surface area (Å²) >= 11 is 0. The van der Waals surface area contributed by atoms with E-state index in [9.17, 15) is 4.79 Å². The lowest BCUT2D eigenvalue weighted by Gasteiger charge is -2.08. The van der Waals surface area contributed by atoms with Crippen LogP contribution in [-0.2, 0) is 4.79 Å². The third-order valence-electron chi connectivity index (χ3n) is 3.22. The standard InChI is InChI=1S/C17H12O/c1-12-15-10-6-5-9-14(15)11-16(17(12)18)13-7-3-2-4-8-13/h2-10H,1H3. The second-order valence-corrected chi connectivity index (χ2v) is 4.37. The minimum absolute atomic E-state index is 0.0694. The Kier molecular flexibility index (Phi) is 2.47. The molecule has 0 N–H and O–H groups in total. The molecule has 0 saturated carbocycles. The summed E-state index contributed by atoms with van der Waals surface area (Å²) in [6.07, 6.45) is 0. The van der Waals surface area contributed by atoms with Gasteiger partial charge < -0.3 is 0 Å². The van der Waals surface area contributed by atoms with E-state index in [4.69, 9.17) is 0 Å². The molecule has 86 valence electrons. The summed E-state index contributed by atoms with van der Waals surface area (Å²) < 4.78 is 0. The Balaban J connectivity index is 2.40. The number of ketones is 1. The van der Waals surface area contributed by atoms with Gasteiger partial charge in [0.2, 0.25) is 0 Å². The van der Waals surface area contributed by atoms with E-state index in [0.717, 1.165) is 21.6 Å². The monoisotopic (exact) mass is 232 g/mol. The van der Waals surface area contributed by atoms with Crippen molar-refractivity contribution in [3.8, 4) is 0 Å². The zero-order valence-corrected chi connectivity index (χ0v) is 10.1. The number of Topliss-reactive ketones (excluding diaryl/α,β-unsaturated/α-hetero) is 1. The van der Waals surface area contributed by atoms with Crippen LogP contribution in [0.2, 0.25) is 0 Å². The van der Waals surface area contributed by atoms with Crippen LogP contribution in [0, 0.1) is 0 Å². The fraction of sp³-hybridized carbons (Fsp3) is 0.0588. The second-order valence-electron chi connectivity index (χ2n) is 4.37. The molecule has 1 aliphatic carbocycles. The van der Waals surface area contributed by atoms with Crippen molar-refractivity contribution in [2.75, 3.05) is 0 Å². The van der Waals surface area contributed by atoms with Gasteiger partial charge in [-0.25, -0.2) is 0 Å². The van der Waals surface area contributed by atoms with Crippen molar-refractivity contribution in [3.05, 3.63) is 70.6 Å². The maximum atomic E-state index is 12.4. The lowest BCUT2D eigenvalue weighted by atomic mass is 9.93. The van der Waals surface area contributed by atoms with Crippen LogP contribution < -0.4 is 10.4 Å². The number of hydrogen-bond acceptors (Lipinski definition) is 1. The molecule has 1 aliphatic rings. The molecule has 0 aromatic heterocycles. The Bertz CT molecular complexity index is 776. The molecule has 3 rings (SSSR count). The molecule has 0 heterocycles. The molecule has 0 spiro atoms. The number of rotatable bonds is 1. The third-order valence-corrected chi connectivity index (χ3v) is 3.22. The van der Waals surface area contributed by atoms with E-state index in [-0.39, 0.29) is 5.78 Å². The molecule has 1 heteroatoms. The van der Waals surface area contributed by atoms with E-state index in [2.05, 4.69) is 5.73 Å². The number of hydrogen-bond donors (Lipinski definition) is 0. The zero-order valence-electron chi connectivity index (χ0n) is 10.1. The summed E-state index contributed by atoms with van der Waals surface area (Å²) in [6, 6.07) is 17.6. The van der Waals surface area contributed by atoms with Crippen LogP contribution in [-0.4, -0.2) is 5.78 Å². The Morgan fingerprint density at radius 2 is 1.56 bits per heavy atom. The van der Waals surface area contributed by atoms with Gasteiger partial charge in [0, 0.05) is 10.8 Å². The summed E-state index contributed by atoms with van der Waals surface area (Å²) in [5.41, 5.74) is 5.62. The van der Waals surface area contributed by atoms with Crippen LogP contribution >= 0.6 is 0 Å². The minimum atomic E-state index is 0.0694. The van der Waals surface area contributed by atoms with Crippen molar-refractivity contribution in [2.24, 2.45) is 0 Å². The predicted octanol–water partition coefficient (Wildman–Crippen LogP) is 1.90. The molecule has 2 aromatic carbocycles. The van der Waals surface area contributed by atoms with E-state index >= 15 is 0 Å². The van der Waals surface area contributed by atoms with Crippen molar-refractivity contribution in [1.82, 2.24) is 0 Å². The lowest BCUT2D eigenvalue weighted by Crippen LogP contribution is -2.30. The fourth-order valence-electron chi connectivity index (χ4n) is 2.23. The number of allylic oxidation sites excluding steroid dienone is 1. The van der Waals surface area contributed by atoms with E-state index < -0.39 is 0 Å². The van der Waals surface area contributed by atoms with Crippen LogP contribution in [0.3, 0.4) is 0 Å². The van der Waals surface area contributed by atoms with Crippen LogP contribution in [0.25, 0.3) is 16.9 Å². The highest BCUT2D eigenvalue weighted by Gasteiger charge is 2.16. The smallest absolute Gasteiger partial charge is 0.197 e. The second kappa shape index (κ2) is 4.14. The van der Waals surface area contributed by atoms with Crippen molar-refractivity contribution in [1.29, 1.82) is 0 Å². The summed E-state index contributed by atoms with van der Waals surface area (Å²) in [7, 11) is 0. The van der Waals surface area contributed by atoms with Gasteiger partial charge in [-0.15, -0.1) is 0 Å². The average molecular weight is 232 g/mol. The molecule has 0 atom stereocenters. The quantitative estimate of drug-likeness (QED) is 0.734. The highest BCUT2D eigenvalue weighted by Crippen LogP contribution is 2.18. The van der Waals surface area contributed by atoms with Crippen molar-refractivity contribution in [2.45, 2.75) is 6.92 Å². The Morgan fingerprint density at radius 3 is 2.33 bits per heavy atom. The first-order valence-electron chi connectivity index (χ1n) is 5.94. The number of carbonyl (C=O) groups excluding carboxylic acids is 1. The normalized spacial score (nSPS) is 13.7. The molecule has 0 bridgehead atoms. The van der Waals surface area contributed by atoms with Gasteiger partial charge in [0.05, 0.1) is 5.57 Å². The molecular formula is C17H12O. The van der Waals surface area contributed by atoms with Crippen LogP contribution in [0.5, 0.6) is 0 Å². The SMILES string of the molecule is CC1=c2ccccc2=C=C(c2ccccc2)C1=O. The summed E-state index contributed by atoms with van der Waals surface area (Å²) in [5.74, 6) is 0.0694. The van der Waals surface area contributed by atoms with Gasteiger partial charge in [0.25, 0.3) is 0 Å². The Hall–Kier alpha value is -2.37. The van der Waals surface area contributed by atoms with E-state index in [1.807, 2.05) is 61.5 Å². The van der Waals surface area contributed by atoms with Crippen LogP contribution in [0.15, 0.2) is 54.6 Å². The summed E-state index contributed by atoms with van der Waals surface area (Å²) in [6.45, 7) is 1.88. The molecule has 18 heavy (non-hydrogen) atoms. The van der Waals surface area contributed by atoms with Crippen molar-refractivity contribution in [3.63, 3.8) is 0 Å². The zero-order chi connectivity index (χ0) is 12.5. The first-order valence-corrected chi connectivity index (χ1v) is 5.94. The van der Waals surface area contributed by atoms with Gasteiger partial charge >= 0.3 is 0 Å². The molecular weight excluding hydrogens is 220 g/mol. The van der Waals surface area contributed by atoms with E-state index in [0.29, 0.717) is 5.57 Å². The highest BCUT2D eigenvalue weighted by molar-refractivity contribution is 6.41. The molecule has 0 unspecified atom stereocenters. The van der Waals surface area contributed by atoms with Gasteiger partial charge in [0.1, 0.15) is 0 Å². The third kappa shape index (κ3) is 1.62. The van der Waals surface area contributed by atoms with Gasteiger partial charge in [-0.3, -0.25) is 4.79 Å². The Labute approximate surface area is 105 Å². The molecule has 0 aliphatic heterocycles. The van der Waals surface area contributed by atoms with Crippen LogP contribution in [0.1, 0.15) is 12.5 Å². The van der Waals surface area contributed by atoms with Gasteiger partial charge in [0.15, 0.2) is 5.78 Å². The van der Waals surface area contributed by atoms with E-state index in [1.54, 1.807) is 0 Å². The van der Waals surface area contributed by atoms with Crippen molar-refractivity contribution >= 4 is 22.7 Å². The average Bonchev–Trinajstić information content (AvgIpc) is 2.44. The van der Waals surface area contributed by atoms with E-state index in [1.165, 1.54) is 0 Å². The minimum Gasteiger partial charge on any atom is -0.288 e.